The summed E-state index contributed by atoms with van der Waals surface area (Å²) in [5.41, 5.74) is 0.735. The summed E-state index contributed by atoms with van der Waals surface area (Å²) in [6, 6.07) is 3.02. The molecule has 0 N–H and O–H groups in total. The zero-order chi connectivity index (χ0) is 12.9. The van der Waals surface area contributed by atoms with Crippen molar-refractivity contribution in [1.29, 1.82) is 0 Å². The van der Waals surface area contributed by atoms with Crippen molar-refractivity contribution in [3.8, 4) is 0 Å². The molecule has 1 aromatic rings. The Kier molecular flexibility index (Phi) is 4.59. The van der Waals surface area contributed by atoms with Crippen LogP contribution in [0.25, 0.3) is 0 Å². The van der Waals surface area contributed by atoms with Crippen LogP contribution in [0.2, 0.25) is 0 Å². The number of esters is 1. The van der Waals surface area contributed by atoms with Crippen molar-refractivity contribution in [1.82, 2.24) is 4.98 Å². The number of ether oxygens (including phenoxy) is 1. The average Bonchev–Trinajstić information content (AvgIpc) is 2.26. The van der Waals surface area contributed by atoms with Crippen molar-refractivity contribution < 1.29 is 22.1 Å². The zero-order valence-electron chi connectivity index (χ0n) is 9.54. The Morgan fingerprint density at radius 3 is 2.59 bits per heavy atom. The van der Waals surface area contributed by atoms with Gasteiger partial charge < -0.3 is 4.74 Å². The molecule has 0 aromatic carbocycles. The van der Waals surface area contributed by atoms with Crippen molar-refractivity contribution in [2.45, 2.75) is 13.5 Å². The largest absolute Gasteiger partial charge is 0.462 e. The van der Waals surface area contributed by atoms with Gasteiger partial charge in [-0.1, -0.05) is 0 Å². The molecule has 0 saturated carbocycles. The number of pyridine rings is 1. The second kappa shape index (κ2) is 5.74. The molecular formula is C10H13NO5S. The molecule has 17 heavy (non-hydrogen) atoms. The van der Waals surface area contributed by atoms with E-state index in [2.05, 4.69) is 9.17 Å². The van der Waals surface area contributed by atoms with E-state index in [1.54, 1.807) is 6.92 Å². The van der Waals surface area contributed by atoms with Gasteiger partial charge in [0.25, 0.3) is 10.1 Å². The van der Waals surface area contributed by atoms with Crippen LogP contribution < -0.4 is 0 Å². The van der Waals surface area contributed by atoms with Crippen molar-refractivity contribution in [2.75, 3.05) is 12.9 Å². The highest BCUT2D eigenvalue weighted by molar-refractivity contribution is 7.85. The van der Waals surface area contributed by atoms with Crippen molar-refractivity contribution in [2.24, 2.45) is 0 Å². The van der Waals surface area contributed by atoms with E-state index in [1.807, 2.05) is 0 Å². The van der Waals surface area contributed by atoms with E-state index in [4.69, 9.17) is 4.74 Å². The smallest absolute Gasteiger partial charge is 0.339 e. The van der Waals surface area contributed by atoms with Crippen molar-refractivity contribution in [3.63, 3.8) is 0 Å². The molecule has 0 unspecified atom stereocenters. The minimum atomic E-state index is -3.49. The normalized spacial score (nSPS) is 11.2. The van der Waals surface area contributed by atoms with Gasteiger partial charge in [-0.05, 0) is 19.1 Å². The third kappa shape index (κ3) is 4.92. The maximum absolute atomic E-state index is 11.3. The number of nitrogens with zero attached hydrogens (tertiary/aromatic N) is 1. The van der Waals surface area contributed by atoms with E-state index in [1.165, 1.54) is 18.3 Å². The molecule has 1 aromatic heterocycles. The molecule has 1 rings (SSSR count). The highest BCUT2D eigenvalue weighted by Gasteiger charge is 2.08. The van der Waals surface area contributed by atoms with Gasteiger partial charge in [0.2, 0.25) is 0 Å². The highest BCUT2D eigenvalue weighted by Crippen LogP contribution is 2.04. The molecule has 0 saturated heterocycles. The van der Waals surface area contributed by atoms with Gasteiger partial charge in [0.1, 0.15) is 6.61 Å². The zero-order valence-corrected chi connectivity index (χ0v) is 10.4. The molecular weight excluding hydrogens is 246 g/mol. The Balaban J connectivity index is 2.65. The molecule has 0 amide bonds. The molecule has 0 radical (unpaired) electrons. The first kappa shape index (κ1) is 13.6. The first-order chi connectivity index (χ1) is 7.92. The summed E-state index contributed by atoms with van der Waals surface area (Å²) in [4.78, 5) is 15.2. The fraction of sp³-hybridized carbons (Fsp3) is 0.400. The summed E-state index contributed by atoms with van der Waals surface area (Å²) in [5, 5.41) is 0. The van der Waals surface area contributed by atoms with Gasteiger partial charge in [0, 0.05) is 6.20 Å². The van der Waals surface area contributed by atoms with Gasteiger partial charge in [0.15, 0.2) is 0 Å². The van der Waals surface area contributed by atoms with Crippen LogP contribution in [0.3, 0.4) is 0 Å². The van der Waals surface area contributed by atoms with Gasteiger partial charge in [-0.2, -0.15) is 8.42 Å². The highest BCUT2D eigenvalue weighted by atomic mass is 32.2. The predicted octanol–water partition coefficient (Wildman–Crippen LogP) is 0.735. The molecule has 0 aliphatic carbocycles. The summed E-state index contributed by atoms with van der Waals surface area (Å²) in [7, 11) is -3.49. The second-order valence-electron chi connectivity index (χ2n) is 3.22. The number of rotatable bonds is 5. The molecule has 0 aliphatic rings. The van der Waals surface area contributed by atoms with E-state index in [-0.39, 0.29) is 13.2 Å². The molecule has 0 aliphatic heterocycles. The molecule has 1 heterocycles. The molecule has 7 heteroatoms. The van der Waals surface area contributed by atoms with Crippen LogP contribution in [-0.4, -0.2) is 32.2 Å². The number of hydrogen-bond acceptors (Lipinski definition) is 6. The maximum atomic E-state index is 11.3. The van der Waals surface area contributed by atoms with Gasteiger partial charge in [0.05, 0.1) is 24.1 Å². The molecule has 0 bridgehead atoms. The lowest BCUT2D eigenvalue weighted by Crippen LogP contribution is -2.07. The van der Waals surface area contributed by atoms with E-state index in [9.17, 15) is 13.2 Å². The van der Waals surface area contributed by atoms with Crippen LogP contribution in [0.15, 0.2) is 18.3 Å². The lowest BCUT2D eigenvalue weighted by atomic mass is 10.2. The monoisotopic (exact) mass is 259 g/mol. The van der Waals surface area contributed by atoms with Gasteiger partial charge >= 0.3 is 5.97 Å². The maximum Gasteiger partial charge on any atom is 0.339 e. The Labute approximate surface area is 99.7 Å². The number of carbonyl (C=O) groups excluding carboxylic acids is 1. The quantitative estimate of drug-likeness (QED) is 0.572. The lowest BCUT2D eigenvalue weighted by Gasteiger charge is -2.03. The minimum Gasteiger partial charge on any atom is -0.462 e. The van der Waals surface area contributed by atoms with Crippen LogP contribution >= 0.6 is 0 Å². The van der Waals surface area contributed by atoms with E-state index in [0.29, 0.717) is 11.3 Å². The molecule has 0 fully saturated rings. The van der Waals surface area contributed by atoms with Gasteiger partial charge in [-0.25, -0.2) is 4.79 Å². The topological polar surface area (TPSA) is 82.6 Å². The van der Waals surface area contributed by atoms with E-state index < -0.39 is 16.1 Å². The van der Waals surface area contributed by atoms with E-state index in [0.717, 1.165) is 6.26 Å². The van der Waals surface area contributed by atoms with Crippen LogP contribution in [0.4, 0.5) is 0 Å². The predicted molar refractivity (Wildman–Crippen MR) is 59.8 cm³/mol. The standard InChI is InChI=1S/C10H13NO5S/c1-3-15-10(12)8-4-5-9(11-6-8)7-16-17(2,13)14/h4-6H,3,7H2,1-2H3. The fourth-order valence-electron chi connectivity index (χ4n) is 1.01. The summed E-state index contributed by atoms with van der Waals surface area (Å²) < 4.78 is 30.8. The van der Waals surface area contributed by atoms with Gasteiger partial charge in [-0.15, -0.1) is 0 Å². The van der Waals surface area contributed by atoms with Crippen LogP contribution in [0.1, 0.15) is 23.0 Å². The average molecular weight is 259 g/mol. The fourth-order valence-corrected chi connectivity index (χ4v) is 1.35. The first-order valence-corrected chi connectivity index (χ1v) is 6.70. The summed E-state index contributed by atoms with van der Waals surface area (Å²) in [6.45, 7) is 1.85. The number of hydrogen-bond donors (Lipinski definition) is 0. The summed E-state index contributed by atoms with van der Waals surface area (Å²) in [5.74, 6) is -0.462. The number of aromatic nitrogens is 1. The molecule has 0 atom stereocenters. The van der Waals surface area contributed by atoms with Crippen LogP contribution in [-0.2, 0) is 25.6 Å². The van der Waals surface area contributed by atoms with Crippen molar-refractivity contribution >= 4 is 16.1 Å². The molecule has 6 nitrogen and oxygen atoms in total. The minimum absolute atomic E-state index is 0.151. The third-order valence-corrected chi connectivity index (χ3v) is 2.30. The lowest BCUT2D eigenvalue weighted by molar-refractivity contribution is 0.0525. The second-order valence-corrected chi connectivity index (χ2v) is 4.87. The summed E-state index contributed by atoms with van der Waals surface area (Å²) in [6.07, 6.45) is 2.28. The first-order valence-electron chi connectivity index (χ1n) is 4.89. The SMILES string of the molecule is CCOC(=O)c1ccc(COS(C)(=O)=O)nc1. The molecule has 0 spiro atoms. The van der Waals surface area contributed by atoms with Gasteiger partial charge in [-0.3, -0.25) is 9.17 Å². The van der Waals surface area contributed by atoms with Crippen LogP contribution in [0, 0.1) is 0 Å². The Hall–Kier alpha value is -1.47. The van der Waals surface area contributed by atoms with Crippen molar-refractivity contribution in [3.05, 3.63) is 29.6 Å². The Morgan fingerprint density at radius 2 is 2.12 bits per heavy atom. The number of carbonyl (C=O) groups is 1. The van der Waals surface area contributed by atoms with E-state index >= 15 is 0 Å². The third-order valence-electron chi connectivity index (χ3n) is 1.76. The Morgan fingerprint density at radius 1 is 1.41 bits per heavy atom. The Bertz CT molecular complexity index is 480. The summed E-state index contributed by atoms with van der Waals surface area (Å²) >= 11 is 0. The van der Waals surface area contributed by atoms with Crippen LogP contribution in [0.5, 0.6) is 0 Å². The molecule has 94 valence electrons.